The predicted octanol–water partition coefficient (Wildman–Crippen LogP) is 2.30. The summed E-state index contributed by atoms with van der Waals surface area (Å²) in [4.78, 5) is 0. The summed E-state index contributed by atoms with van der Waals surface area (Å²) in [7, 11) is 1.56. The van der Waals surface area contributed by atoms with Crippen LogP contribution < -0.4 is 10.5 Å². The summed E-state index contributed by atoms with van der Waals surface area (Å²) in [5.74, 6) is 0.743. The first-order chi connectivity index (χ1) is 7.62. The van der Waals surface area contributed by atoms with Gasteiger partial charge in [-0.15, -0.1) is 0 Å². The molecule has 1 fully saturated rings. The maximum absolute atomic E-state index is 10.2. The molecule has 0 heterocycles. The first-order valence-corrected chi connectivity index (χ1v) is 5.80. The summed E-state index contributed by atoms with van der Waals surface area (Å²) in [5, 5.41) is 10.2. The maximum Gasteiger partial charge on any atom is 0.163 e. The molecule has 0 amide bonds. The minimum absolute atomic E-state index is 0.226. The molecule has 88 valence electrons. The van der Waals surface area contributed by atoms with Gasteiger partial charge < -0.3 is 15.6 Å². The summed E-state index contributed by atoms with van der Waals surface area (Å²) in [6, 6.07) is 3.81. The third kappa shape index (κ3) is 1.55. The fourth-order valence-electron chi connectivity index (χ4n) is 2.44. The number of phenolic OH excluding ortho intramolecular Hbond substituents is 1. The van der Waals surface area contributed by atoms with Gasteiger partial charge in [0.25, 0.3) is 0 Å². The number of ether oxygens (including phenoxy) is 1. The van der Waals surface area contributed by atoms with Crippen molar-refractivity contribution in [3.8, 4) is 11.5 Å². The molecular formula is C13H19NO2. The van der Waals surface area contributed by atoms with Gasteiger partial charge in [0.2, 0.25) is 0 Å². The number of hydrogen-bond donors (Lipinski definition) is 2. The Morgan fingerprint density at radius 3 is 2.56 bits per heavy atom. The van der Waals surface area contributed by atoms with Crippen molar-refractivity contribution in [2.45, 2.75) is 38.1 Å². The SMILES string of the molecule is CCc1ccc(OC)c(O)c1C1(N)CCC1. The highest BCUT2D eigenvalue weighted by Gasteiger charge is 2.38. The first-order valence-electron chi connectivity index (χ1n) is 5.80. The molecule has 3 N–H and O–H groups in total. The van der Waals surface area contributed by atoms with Crippen LogP contribution >= 0.6 is 0 Å². The summed E-state index contributed by atoms with van der Waals surface area (Å²) < 4.78 is 5.14. The smallest absolute Gasteiger partial charge is 0.163 e. The van der Waals surface area contributed by atoms with Crippen LogP contribution in [-0.4, -0.2) is 12.2 Å². The topological polar surface area (TPSA) is 55.5 Å². The molecule has 0 radical (unpaired) electrons. The summed E-state index contributed by atoms with van der Waals surface area (Å²) in [5.41, 5.74) is 7.98. The summed E-state index contributed by atoms with van der Waals surface area (Å²) >= 11 is 0. The Bertz CT molecular complexity index is 397. The molecule has 1 aromatic rings. The number of methoxy groups -OCH3 is 1. The van der Waals surface area contributed by atoms with Crippen molar-refractivity contribution in [3.05, 3.63) is 23.3 Å². The van der Waals surface area contributed by atoms with E-state index in [0.29, 0.717) is 5.75 Å². The number of aromatic hydroxyl groups is 1. The van der Waals surface area contributed by atoms with Crippen molar-refractivity contribution in [3.63, 3.8) is 0 Å². The second kappa shape index (κ2) is 3.98. The van der Waals surface area contributed by atoms with Gasteiger partial charge in [-0.2, -0.15) is 0 Å². The van der Waals surface area contributed by atoms with Gasteiger partial charge in [-0.05, 0) is 37.3 Å². The number of benzene rings is 1. The second-order valence-electron chi connectivity index (χ2n) is 4.51. The van der Waals surface area contributed by atoms with E-state index in [0.717, 1.165) is 36.8 Å². The molecule has 3 nitrogen and oxygen atoms in total. The third-order valence-corrected chi connectivity index (χ3v) is 3.57. The van der Waals surface area contributed by atoms with Crippen molar-refractivity contribution in [2.24, 2.45) is 5.73 Å². The molecule has 1 aromatic carbocycles. The lowest BCUT2D eigenvalue weighted by molar-refractivity contribution is 0.240. The molecule has 0 unspecified atom stereocenters. The fourth-order valence-corrected chi connectivity index (χ4v) is 2.44. The maximum atomic E-state index is 10.2. The Kier molecular flexibility index (Phi) is 2.80. The van der Waals surface area contributed by atoms with Gasteiger partial charge in [0.05, 0.1) is 7.11 Å². The van der Waals surface area contributed by atoms with E-state index in [9.17, 15) is 5.11 Å². The molecule has 1 aliphatic carbocycles. The van der Waals surface area contributed by atoms with Crippen LogP contribution in [-0.2, 0) is 12.0 Å². The molecule has 0 atom stereocenters. The molecule has 1 aliphatic rings. The zero-order valence-electron chi connectivity index (χ0n) is 9.92. The Labute approximate surface area is 96.2 Å². The number of rotatable bonds is 3. The van der Waals surface area contributed by atoms with E-state index in [1.165, 1.54) is 0 Å². The Balaban J connectivity index is 2.55. The lowest BCUT2D eigenvalue weighted by atomic mass is 9.70. The Hall–Kier alpha value is -1.22. The largest absolute Gasteiger partial charge is 0.504 e. The van der Waals surface area contributed by atoms with E-state index in [2.05, 4.69) is 6.92 Å². The Morgan fingerprint density at radius 2 is 2.12 bits per heavy atom. The quantitative estimate of drug-likeness (QED) is 0.823. The van der Waals surface area contributed by atoms with Crippen LogP contribution in [0.1, 0.15) is 37.3 Å². The van der Waals surface area contributed by atoms with Gasteiger partial charge >= 0.3 is 0 Å². The zero-order chi connectivity index (χ0) is 11.8. The minimum atomic E-state index is -0.343. The van der Waals surface area contributed by atoms with E-state index in [1.54, 1.807) is 13.2 Å². The van der Waals surface area contributed by atoms with Crippen LogP contribution in [0.3, 0.4) is 0 Å². The summed E-state index contributed by atoms with van der Waals surface area (Å²) in [6.45, 7) is 2.08. The van der Waals surface area contributed by atoms with Crippen LogP contribution in [0.2, 0.25) is 0 Å². The molecule has 3 heteroatoms. The van der Waals surface area contributed by atoms with Crippen molar-refractivity contribution in [2.75, 3.05) is 7.11 Å². The van der Waals surface area contributed by atoms with Crippen molar-refractivity contribution in [1.82, 2.24) is 0 Å². The van der Waals surface area contributed by atoms with Gasteiger partial charge in [0, 0.05) is 11.1 Å². The fraction of sp³-hybridized carbons (Fsp3) is 0.538. The molecule has 16 heavy (non-hydrogen) atoms. The van der Waals surface area contributed by atoms with Gasteiger partial charge in [-0.1, -0.05) is 13.0 Å². The third-order valence-electron chi connectivity index (χ3n) is 3.57. The van der Waals surface area contributed by atoms with E-state index in [-0.39, 0.29) is 11.3 Å². The molecule has 0 saturated heterocycles. The molecule has 1 saturated carbocycles. The van der Waals surface area contributed by atoms with Crippen LogP contribution in [0.5, 0.6) is 11.5 Å². The van der Waals surface area contributed by atoms with Crippen molar-refractivity contribution in [1.29, 1.82) is 0 Å². The molecule has 0 bridgehead atoms. The zero-order valence-corrected chi connectivity index (χ0v) is 9.92. The summed E-state index contributed by atoms with van der Waals surface area (Å²) in [6.07, 6.45) is 3.91. The van der Waals surface area contributed by atoms with Crippen molar-refractivity contribution >= 4 is 0 Å². The molecule has 0 spiro atoms. The molecule has 0 aliphatic heterocycles. The van der Waals surface area contributed by atoms with E-state index >= 15 is 0 Å². The monoisotopic (exact) mass is 221 g/mol. The standard InChI is InChI=1S/C13H19NO2/c1-3-9-5-6-10(16-2)12(15)11(9)13(14)7-4-8-13/h5-6,15H,3-4,7-8,14H2,1-2H3. The second-order valence-corrected chi connectivity index (χ2v) is 4.51. The highest BCUT2D eigenvalue weighted by molar-refractivity contribution is 5.53. The Morgan fingerprint density at radius 1 is 1.44 bits per heavy atom. The molecule has 0 aromatic heterocycles. The van der Waals surface area contributed by atoms with Crippen LogP contribution in [0, 0.1) is 0 Å². The average molecular weight is 221 g/mol. The number of hydrogen-bond acceptors (Lipinski definition) is 3. The lowest BCUT2D eigenvalue weighted by Gasteiger charge is -2.40. The van der Waals surface area contributed by atoms with Gasteiger partial charge in [-0.3, -0.25) is 0 Å². The average Bonchev–Trinajstić information content (AvgIpc) is 2.25. The number of phenols is 1. The van der Waals surface area contributed by atoms with E-state index < -0.39 is 0 Å². The predicted molar refractivity (Wildman–Crippen MR) is 63.8 cm³/mol. The number of aryl methyl sites for hydroxylation is 1. The number of nitrogens with two attached hydrogens (primary N) is 1. The molecular weight excluding hydrogens is 202 g/mol. The van der Waals surface area contributed by atoms with Crippen LogP contribution in [0.25, 0.3) is 0 Å². The lowest BCUT2D eigenvalue weighted by Crippen LogP contribution is -2.44. The first kappa shape index (κ1) is 11.3. The van der Waals surface area contributed by atoms with Gasteiger partial charge in [0.1, 0.15) is 0 Å². The highest BCUT2D eigenvalue weighted by atomic mass is 16.5. The van der Waals surface area contributed by atoms with Crippen LogP contribution in [0.15, 0.2) is 12.1 Å². The van der Waals surface area contributed by atoms with Gasteiger partial charge in [-0.25, -0.2) is 0 Å². The van der Waals surface area contributed by atoms with E-state index in [4.69, 9.17) is 10.5 Å². The minimum Gasteiger partial charge on any atom is -0.504 e. The molecule has 2 rings (SSSR count). The van der Waals surface area contributed by atoms with Gasteiger partial charge in [0.15, 0.2) is 11.5 Å². The highest BCUT2D eigenvalue weighted by Crippen LogP contribution is 2.47. The normalized spacial score (nSPS) is 17.9. The van der Waals surface area contributed by atoms with Crippen molar-refractivity contribution < 1.29 is 9.84 Å². The van der Waals surface area contributed by atoms with E-state index in [1.807, 2.05) is 6.07 Å². The van der Waals surface area contributed by atoms with Crippen LogP contribution in [0.4, 0.5) is 0 Å².